The molecule has 0 fully saturated rings. The molecule has 0 radical (unpaired) electrons. The highest BCUT2D eigenvalue weighted by Gasteiger charge is 2.06. The van der Waals surface area contributed by atoms with Gasteiger partial charge in [-0.15, -0.1) is 0 Å². The molecule has 1 rings (SSSR count). The number of hydrogen-bond donors (Lipinski definition) is 3. The Labute approximate surface area is 89.5 Å². The predicted octanol–water partition coefficient (Wildman–Crippen LogP) is 0.0533. The molecule has 5 nitrogen and oxygen atoms in total. The van der Waals surface area contributed by atoms with Crippen molar-refractivity contribution in [3.05, 3.63) is 18.2 Å². The van der Waals surface area contributed by atoms with Crippen LogP contribution in [-0.2, 0) is 11.2 Å². The van der Waals surface area contributed by atoms with Crippen molar-refractivity contribution >= 4 is 5.91 Å². The van der Waals surface area contributed by atoms with Gasteiger partial charge in [-0.05, 0) is 12.5 Å². The summed E-state index contributed by atoms with van der Waals surface area (Å²) < 4.78 is 0. The minimum absolute atomic E-state index is 0.0625. The third kappa shape index (κ3) is 4.60. The fourth-order valence-corrected chi connectivity index (χ4v) is 1.23. The Hall–Kier alpha value is -1.36. The minimum atomic E-state index is 0.0625. The number of hydrogen-bond acceptors (Lipinski definition) is 3. The second-order valence-corrected chi connectivity index (χ2v) is 3.72. The van der Waals surface area contributed by atoms with Gasteiger partial charge < -0.3 is 16.0 Å². The van der Waals surface area contributed by atoms with Gasteiger partial charge in [0.05, 0.1) is 6.33 Å². The second kappa shape index (κ2) is 6.19. The lowest BCUT2D eigenvalue weighted by Gasteiger charge is -2.08. The van der Waals surface area contributed by atoms with Gasteiger partial charge in [-0.1, -0.05) is 6.92 Å². The number of aromatic nitrogens is 2. The third-order valence-corrected chi connectivity index (χ3v) is 2.21. The first kappa shape index (κ1) is 11.7. The Balaban J connectivity index is 2.12. The van der Waals surface area contributed by atoms with Crippen molar-refractivity contribution < 1.29 is 4.79 Å². The van der Waals surface area contributed by atoms with E-state index >= 15 is 0 Å². The molecule has 1 amide bonds. The van der Waals surface area contributed by atoms with Crippen LogP contribution in [0.25, 0.3) is 0 Å². The average Bonchev–Trinajstić information content (AvgIpc) is 2.70. The third-order valence-electron chi connectivity index (χ3n) is 2.21. The molecule has 1 aromatic heterocycles. The highest BCUT2D eigenvalue weighted by atomic mass is 16.1. The molecule has 1 aromatic rings. The van der Waals surface area contributed by atoms with E-state index in [1.807, 2.05) is 6.92 Å². The lowest BCUT2D eigenvalue weighted by atomic mass is 10.1. The summed E-state index contributed by atoms with van der Waals surface area (Å²) in [6.45, 7) is 3.15. The maximum Gasteiger partial charge on any atom is 0.220 e. The van der Waals surface area contributed by atoms with Crippen molar-refractivity contribution in [3.63, 3.8) is 0 Å². The largest absolute Gasteiger partial charge is 0.356 e. The normalized spacial score (nSPS) is 12.4. The Kier molecular flexibility index (Phi) is 4.83. The molecule has 84 valence electrons. The summed E-state index contributed by atoms with van der Waals surface area (Å²) in [6, 6.07) is 0. The Morgan fingerprint density at radius 1 is 1.73 bits per heavy atom. The van der Waals surface area contributed by atoms with E-state index in [-0.39, 0.29) is 11.8 Å². The van der Waals surface area contributed by atoms with E-state index < -0.39 is 0 Å². The quantitative estimate of drug-likeness (QED) is 0.620. The summed E-state index contributed by atoms with van der Waals surface area (Å²) in [5.41, 5.74) is 6.46. The van der Waals surface area contributed by atoms with Crippen LogP contribution < -0.4 is 11.1 Å². The van der Waals surface area contributed by atoms with Gasteiger partial charge in [0.25, 0.3) is 0 Å². The van der Waals surface area contributed by atoms with Crippen LogP contribution in [0.3, 0.4) is 0 Å². The lowest BCUT2D eigenvalue weighted by Crippen LogP contribution is -2.28. The van der Waals surface area contributed by atoms with Crippen LogP contribution in [0, 0.1) is 5.92 Å². The number of carbonyl (C=O) groups is 1. The first-order valence-corrected chi connectivity index (χ1v) is 5.16. The Bertz CT molecular complexity index is 284. The van der Waals surface area contributed by atoms with Crippen molar-refractivity contribution in [3.8, 4) is 0 Å². The van der Waals surface area contributed by atoms with Crippen LogP contribution in [0.15, 0.2) is 12.5 Å². The number of nitrogens with two attached hydrogens (primary N) is 1. The van der Waals surface area contributed by atoms with Gasteiger partial charge in [-0.2, -0.15) is 0 Å². The topological polar surface area (TPSA) is 83.8 Å². The molecular weight excluding hydrogens is 192 g/mol. The van der Waals surface area contributed by atoms with Gasteiger partial charge in [0.1, 0.15) is 0 Å². The van der Waals surface area contributed by atoms with Crippen molar-refractivity contribution in [2.45, 2.75) is 19.8 Å². The number of carbonyl (C=O) groups excluding carboxylic acids is 1. The number of rotatable bonds is 6. The number of imidazole rings is 1. The van der Waals surface area contributed by atoms with Crippen LogP contribution >= 0.6 is 0 Å². The minimum Gasteiger partial charge on any atom is -0.356 e. The summed E-state index contributed by atoms with van der Waals surface area (Å²) in [6.07, 6.45) is 4.67. The van der Waals surface area contributed by atoms with E-state index in [4.69, 9.17) is 5.73 Å². The summed E-state index contributed by atoms with van der Waals surface area (Å²) in [5, 5.41) is 2.84. The molecule has 0 aliphatic carbocycles. The van der Waals surface area contributed by atoms with Crippen molar-refractivity contribution in [1.82, 2.24) is 15.3 Å². The van der Waals surface area contributed by atoms with Crippen LogP contribution in [0.1, 0.15) is 19.0 Å². The molecule has 15 heavy (non-hydrogen) atoms. The molecule has 0 saturated carbocycles. The molecule has 5 heteroatoms. The van der Waals surface area contributed by atoms with E-state index in [1.165, 1.54) is 0 Å². The van der Waals surface area contributed by atoms with Gasteiger partial charge in [-0.25, -0.2) is 4.98 Å². The van der Waals surface area contributed by atoms with Crippen molar-refractivity contribution in [2.24, 2.45) is 11.7 Å². The molecule has 0 aliphatic rings. The van der Waals surface area contributed by atoms with Gasteiger partial charge in [0, 0.05) is 31.3 Å². The summed E-state index contributed by atoms with van der Waals surface area (Å²) >= 11 is 0. The van der Waals surface area contributed by atoms with Crippen molar-refractivity contribution in [1.29, 1.82) is 0 Å². The Morgan fingerprint density at radius 2 is 2.53 bits per heavy atom. The van der Waals surface area contributed by atoms with Gasteiger partial charge >= 0.3 is 0 Å². The van der Waals surface area contributed by atoms with Crippen LogP contribution in [-0.4, -0.2) is 29.0 Å². The smallest absolute Gasteiger partial charge is 0.220 e. The zero-order valence-corrected chi connectivity index (χ0v) is 8.99. The number of amides is 1. The maximum absolute atomic E-state index is 11.3. The Morgan fingerprint density at radius 3 is 3.13 bits per heavy atom. The summed E-state index contributed by atoms with van der Waals surface area (Å²) in [5.74, 6) is 0.310. The van der Waals surface area contributed by atoms with Gasteiger partial charge in [-0.3, -0.25) is 4.79 Å². The number of aromatic amines is 1. The standard InChI is InChI=1S/C10H18N4O/c1-8(5-11)4-10(15)13-3-2-9-6-12-7-14-9/h6-8H,2-5,11H2,1H3,(H,12,14)(H,13,15). The molecule has 0 aliphatic heterocycles. The van der Waals surface area contributed by atoms with Crippen LogP contribution in [0.2, 0.25) is 0 Å². The zero-order valence-electron chi connectivity index (χ0n) is 8.99. The van der Waals surface area contributed by atoms with E-state index in [1.54, 1.807) is 12.5 Å². The fraction of sp³-hybridized carbons (Fsp3) is 0.600. The molecule has 4 N–H and O–H groups in total. The molecule has 1 atom stereocenters. The molecule has 0 aromatic carbocycles. The molecule has 1 unspecified atom stereocenters. The van der Waals surface area contributed by atoms with Crippen LogP contribution in [0.5, 0.6) is 0 Å². The van der Waals surface area contributed by atoms with Gasteiger partial charge in [0.15, 0.2) is 0 Å². The first-order valence-electron chi connectivity index (χ1n) is 5.16. The SMILES string of the molecule is CC(CN)CC(=O)NCCc1cnc[nH]1. The van der Waals surface area contributed by atoms with E-state index in [2.05, 4.69) is 15.3 Å². The molecular formula is C10H18N4O. The summed E-state index contributed by atoms with van der Waals surface area (Å²) in [7, 11) is 0. The monoisotopic (exact) mass is 210 g/mol. The van der Waals surface area contributed by atoms with E-state index in [0.717, 1.165) is 12.1 Å². The van der Waals surface area contributed by atoms with E-state index in [9.17, 15) is 4.79 Å². The predicted molar refractivity (Wildman–Crippen MR) is 58.1 cm³/mol. The maximum atomic E-state index is 11.3. The number of nitrogens with zero attached hydrogens (tertiary/aromatic N) is 1. The average molecular weight is 210 g/mol. The number of nitrogens with one attached hydrogen (secondary N) is 2. The van der Waals surface area contributed by atoms with Crippen molar-refractivity contribution in [2.75, 3.05) is 13.1 Å². The second-order valence-electron chi connectivity index (χ2n) is 3.72. The first-order chi connectivity index (χ1) is 7.22. The number of H-pyrrole nitrogens is 1. The van der Waals surface area contributed by atoms with Gasteiger partial charge in [0.2, 0.25) is 5.91 Å². The fourth-order valence-electron chi connectivity index (χ4n) is 1.23. The molecule has 0 bridgehead atoms. The van der Waals surface area contributed by atoms with E-state index in [0.29, 0.717) is 19.5 Å². The zero-order chi connectivity index (χ0) is 11.1. The summed E-state index contributed by atoms with van der Waals surface area (Å²) in [4.78, 5) is 18.2. The lowest BCUT2D eigenvalue weighted by molar-refractivity contribution is -0.121. The molecule has 0 saturated heterocycles. The molecule has 1 heterocycles. The highest BCUT2D eigenvalue weighted by Crippen LogP contribution is 1.98. The van der Waals surface area contributed by atoms with Crippen LogP contribution in [0.4, 0.5) is 0 Å². The highest BCUT2D eigenvalue weighted by molar-refractivity contribution is 5.76. The molecule has 0 spiro atoms.